The van der Waals surface area contributed by atoms with Gasteiger partial charge in [0.25, 0.3) is 0 Å². The maximum absolute atomic E-state index is 12.2. The van der Waals surface area contributed by atoms with Gasteiger partial charge in [-0.05, 0) is 31.9 Å². The molecule has 15 heavy (non-hydrogen) atoms. The Morgan fingerprint density at radius 2 is 2.20 bits per heavy atom. The van der Waals surface area contributed by atoms with Gasteiger partial charge in [-0.3, -0.25) is 4.79 Å². The fourth-order valence-corrected chi connectivity index (χ4v) is 5.49. The van der Waals surface area contributed by atoms with Gasteiger partial charge in [0.15, 0.2) is 15.6 Å². The van der Waals surface area contributed by atoms with E-state index in [4.69, 9.17) is 0 Å². The molecule has 0 aliphatic carbocycles. The van der Waals surface area contributed by atoms with Gasteiger partial charge in [0, 0.05) is 5.92 Å². The second kappa shape index (κ2) is 3.77. The van der Waals surface area contributed by atoms with E-state index in [0.29, 0.717) is 6.42 Å². The maximum Gasteiger partial charge on any atom is 0.152 e. The SMILES string of the molecule is CC1(C(=O)C2CCS(=O)(=O)C2)CCCS1. The van der Waals surface area contributed by atoms with Crippen LogP contribution in [0.15, 0.2) is 0 Å². The van der Waals surface area contributed by atoms with E-state index < -0.39 is 9.84 Å². The number of ketones is 1. The number of Topliss-reactive ketones (excluding diaryl/α,β-unsaturated/α-hetero) is 1. The summed E-state index contributed by atoms with van der Waals surface area (Å²) in [5.74, 6) is 1.25. The molecule has 0 radical (unpaired) electrons. The lowest BCUT2D eigenvalue weighted by Crippen LogP contribution is -2.35. The number of thioether (sulfide) groups is 1. The highest BCUT2D eigenvalue weighted by molar-refractivity contribution is 8.01. The molecule has 2 rings (SSSR count). The van der Waals surface area contributed by atoms with Crippen molar-refractivity contribution in [2.75, 3.05) is 17.3 Å². The van der Waals surface area contributed by atoms with Crippen molar-refractivity contribution in [2.24, 2.45) is 5.92 Å². The Labute approximate surface area is 94.9 Å². The van der Waals surface area contributed by atoms with E-state index in [1.54, 1.807) is 11.8 Å². The monoisotopic (exact) mass is 248 g/mol. The van der Waals surface area contributed by atoms with Crippen LogP contribution in [-0.4, -0.2) is 36.2 Å². The van der Waals surface area contributed by atoms with Gasteiger partial charge in [0.1, 0.15) is 0 Å². The van der Waals surface area contributed by atoms with E-state index in [9.17, 15) is 13.2 Å². The van der Waals surface area contributed by atoms with E-state index in [0.717, 1.165) is 18.6 Å². The quantitative estimate of drug-likeness (QED) is 0.738. The summed E-state index contributed by atoms with van der Waals surface area (Å²) in [5.41, 5.74) is 0. The number of hydrogen-bond donors (Lipinski definition) is 0. The Bertz CT molecular complexity index is 366. The van der Waals surface area contributed by atoms with Crippen molar-refractivity contribution in [1.29, 1.82) is 0 Å². The second-order valence-electron chi connectivity index (χ2n) is 4.65. The van der Waals surface area contributed by atoms with Crippen molar-refractivity contribution >= 4 is 27.4 Å². The first-order valence-corrected chi connectivity index (χ1v) is 8.12. The fourth-order valence-electron chi connectivity index (χ4n) is 2.41. The number of hydrogen-bond acceptors (Lipinski definition) is 4. The van der Waals surface area contributed by atoms with Crippen LogP contribution in [0.25, 0.3) is 0 Å². The first-order valence-electron chi connectivity index (χ1n) is 5.32. The summed E-state index contributed by atoms with van der Waals surface area (Å²) >= 11 is 1.70. The molecule has 0 N–H and O–H groups in total. The molecule has 0 amide bonds. The minimum Gasteiger partial charge on any atom is -0.298 e. The highest BCUT2D eigenvalue weighted by Gasteiger charge is 2.44. The van der Waals surface area contributed by atoms with Gasteiger partial charge in [-0.2, -0.15) is 0 Å². The average Bonchev–Trinajstić information content (AvgIpc) is 2.72. The molecule has 86 valence electrons. The Kier molecular flexibility index (Phi) is 2.88. The Hall–Kier alpha value is -0.0300. The maximum atomic E-state index is 12.2. The van der Waals surface area contributed by atoms with Gasteiger partial charge in [-0.25, -0.2) is 8.42 Å². The zero-order valence-electron chi connectivity index (χ0n) is 8.86. The third kappa shape index (κ3) is 2.23. The minimum absolute atomic E-state index is 0.0853. The predicted molar refractivity (Wildman–Crippen MR) is 61.9 cm³/mol. The van der Waals surface area contributed by atoms with E-state index >= 15 is 0 Å². The number of rotatable bonds is 2. The highest BCUT2D eigenvalue weighted by Crippen LogP contribution is 2.41. The average molecular weight is 248 g/mol. The van der Waals surface area contributed by atoms with Crippen LogP contribution < -0.4 is 0 Å². The molecular formula is C10H16O3S2. The summed E-state index contributed by atoms with van der Waals surface area (Å²) in [4.78, 5) is 12.2. The van der Waals surface area contributed by atoms with Gasteiger partial charge in [0.2, 0.25) is 0 Å². The summed E-state index contributed by atoms with van der Waals surface area (Å²) in [6, 6.07) is 0. The van der Waals surface area contributed by atoms with E-state index in [2.05, 4.69) is 0 Å². The lowest BCUT2D eigenvalue weighted by Gasteiger charge is -2.23. The largest absolute Gasteiger partial charge is 0.298 e. The van der Waals surface area contributed by atoms with Crippen LogP contribution >= 0.6 is 11.8 Å². The van der Waals surface area contributed by atoms with Crippen molar-refractivity contribution in [3.8, 4) is 0 Å². The van der Waals surface area contributed by atoms with Crippen LogP contribution in [0.1, 0.15) is 26.2 Å². The molecule has 3 nitrogen and oxygen atoms in total. The third-order valence-corrected chi connectivity index (χ3v) is 6.65. The smallest absolute Gasteiger partial charge is 0.152 e. The van der Waals surface area contributed by atoms with Crippen molar-refractivity contribution in [1.82, 2.24) is 0 Å². The molecule has 0 spiro atoms. The zero-order valence-corrected chi connectivity index (χ0v) is 10.5. The van der Waals surface area contributed by atoms with Crippen LogP contribution in [0.5, 0.6) is 0 Å². The Balaban J connectivity index is 2.09. The molecule has 0 aromatic carbocycles. The number of carbonyl (C=O) groups is 1. The summed E-state index contributed by atoms with van der Waals surface area (Å²) in [6.07, 6.45) is 2.52. The van der Waals surface area contributed by atoms with Gasteiger partial charge < -0.3 is 0 Å². The van der Waals surface area contributed by atoms with Gasteiger partial charge in [-0.15, -0.1) is 11.8 Å². The van der Waals surface area contributed by atoms with Crippen molar-refractivity contribution in [3.05, 3.63) is 0 Å². The van der Waals surface area contributed by atoms with Crippen molar-refractivity contribution in [3.63, 3.8) is 0 Å². The molecule has 2 aliphatic heterocycles. The summed E-state index contributed by atoms with van der Waals surface area (Å²) < 4.78 is 22.3. The Morgan fingerprint density at radius 1 is 1.47 bits per heavy atom. The number of carbonyl (C=O) groups excluding carboxylic acids is 1. The highest BCUT2D eigenvalue weighted by atomic mass is 32.2. The predicted octanol–water partition coefficient (Wildman–Crippen LogP) is 1.28. The topological polar surface area (TPSA) is 51.2 Å². The lowest BCUT2D eigenvalue weighted by atomic mass is 9.90. The van der Waals surface area contributed by atoms with Crippen molar-refractivity contribution < 1.29 is 13.2 Å². The second-order valence-corrected chi connectivity index (χ2v) is 8.47. The molecule has 0 saturated carbocycles. The molecule has 2 fully saturated rings. The molecule has 0 aromatic heterocycles. The Morgan fingerprint density at radius 3 is 2.67 bits per heavy atom. The van der Waals surface area contributed by atoms with E-state index in [1.807, 2.05) is 6.92 Å². The summed E-state index contributed by atoms with van der Waals surface area (Å²) in [7, 11) is -2.93. The molecule has 0 bridgehead atoms. The summed E-state index contributed by atoms with van der Waals surface area (Å²) in [6.45, 7) is 1.97. The normalized spacial score (nSPS) is 39.4. The minimum atomic E-state index is -2.93. The fraction of sp³-hybridized carbons (Fsp3) is 0.900. The standard InChI is InChI=1S/C10H16O3S2/c1-10(4-2-5-14-10)9(11)8-3-6-15(12,13)7-8/h8H,2-7H2,1H3. The van der Waals surface area contributed by atoms with Crippen LogP contribution in [0.3, 0.4) is 0 Å². The zero-order chi connectivity index (χ0) is 11.1. The van der Waals surface area contributed by atoms with Crippen LogP contribution in [-0.2, 0) is 14.6 Å². The van der Waals surface area contributed by atoms with Crippen LogP contribution in [0.4, 0.5) is 0 Å². The van der Waals surface area contributed by atoms with Gasteiger partial charge in [-0.1, -0.05) is 0 Å². The van der Waals surface area contributed by atoms with Gasteiger partial charge in [0.05, 0.1) is 16.3 Å². The van der Waals surface area contributed by atoms with E-state index in [-0.39, 0.29) is 28.0 Å². The molecule has 2 saturated heterocycles. The van der Waals surface area contributed by atoms with Crippen LogP contribution in [0, 0.1) is 5.92 Å². The lowest BCUT2D eigenvalue weighted by molar-refractivity contribution is -0.124. The molecule has 2 unspecified atom stereocenters. The van der Waals surface area contributed by atoms with Crippen molar-refractivity contribution in [2.45, 2.75) is 30.9 Å². The number of sulfone groups is 1. The molecule has 2 heterocycles. The first-order chi connectivity index (χ1) is 6.93. The first kappa shape index (κ1) is 11.5. The van der Waals surface area contributed by atoms with Gasteiger partial charge >= 0.3 is 0 Å². The molecule has 2 aliphatic rings. The molecule has 2 atom stereocenters. The molecule has 5 heteroatoms. The van der Waals surface area contributed by atoms with Crippen LogP contribution in [0.2, 0.25) is 0 Å². The summed E-state index contributed by atoms with van der Waals surface area (Å²) in [5, 5.41) is 0. The molecule has 0 aromatic rings. The molecular weight excluding hydrogens is 232 g/mol. The van der Waals surface area contributed by atoms with E-state index in [1.165, 1.54) is 0 Å². The third-order valence-electron chi connectivity index (χ3n) is 3.34.